The molecule has 108 valence electrons. The summed E-state index contributed by atoms with van der Waals surface area (Å²) >= 11 is 1.30. The average molecular weight is 301 g/mol. The lowest BCUT2D eigenvalue weighted by Crippen LogP contribution is -2.26. The van der Waals surface area contributed by atoms with E-state index in [1.807, 2.05) is 12.1 Å². The van der Waals surface area contributed by atoms with Gasteiger partial charge in [-0.25, -0.2) is 0 Å². The molecule has 2 amide bonds. The Labute approximate surface area is 126 Å². The van der Waals surface area contributed by atoms with Crippen molar-refractivity contribution in [2.45, 2.75) is 25.3 Å². The lowest BCUT2D eigenvalue weighted by atomic mass is 10.1. The van der Waals surface area contributed by atoms with Crippen molar-refractivity contribution < 1.29 is 9.59 Å². The van der Waals surface area contributed by atoms with Crippen LogP contribution in [-0.4, -0.2) is 22.8 Å². The zero-order chi connectivity index (χ0) is 14.7. The molecular weight excluding hydrogens is 286 g/mol. The molecule has 0 radical (unpaired) electrons. The van der Waals surface area contributed by atoms with E-state index in [4.69, 9.17) is 0 Å². The first kappa shape index (κ1) is 13.8. The molecule has 5 nitrogen and oxygen atoms in total. The number of rotatable bonds is 5. The van der Waals surface area contributed by atoms with E-state index in [1.165, 1.54) is 17.5 Å². The third-order valence-corrected chi connectivity index (χ3v) is 3.95. The fraction of sp³-hybridized carbons (Fsp3) is 0.267. The molecule has 1 saturated carbocycles. The molecule has 21 heavy (non-hydrogen) atoms. The number of carbonyl (C=O) groups excluding carboxylic acids is 2. The van der Waals surface area contributed by atoms with Crippen molar-refractivity contribution >= 4 is 28.8 Å². The zero-order valence-corrected chi connectivity index (χ0v) is 12.2. The molecule has 1 aliphatic rings. The molecule has 0 aliphatic heterocycles. The summed E-state index contributed by atoms with van der Waals surface area (Å²) in [6.07, 6.45) is 4.10. The fourth-order valence-electron chi connectivity index (χ4n) is 1.92. The Morgan fingerprint density at radius 1 is 1.24 bits per heavy atom. The minimum Gasteiger partial charge on any atom is -0.353 e. The van der Waals surface area contributed by atoms with E-state index in [0.29, 0.717) is 23.0 Å². The lowest BCUT2D eigenvalue weighted by Gasteiger charge is -2.06. The molecular formula is C15H15N3O2S. The molecule has 0 saturated heterocycles. The summed E-state index contributed by atoms with van der Waals surface area (Å²) in [5.41, 5.74) is 3.26. The first-order valence-electron chi connectivity index (χ1n) is 6.79. The van der Waals surface area contributed by atoms with Gasteiger partial charge >= 0.3 is 0 Å². The van der Waals surface area contributed by atoms with E-state index in [0.717, 1.165) is 18.4 Å². The number of hydrogen-bond donors (Lipinski definition) is 2. The number of amides is 2. The number of benzene rings is 1. The SMILES string of the molecule is O=C(Cc1ccc(NC(=O)c2cncs2)cc1)NC1CC1. The number of aromatic nitrogens is 1. The molecule has 2 N–H and O–H groups in total. The highest BCUT2D eigenvalue weighted by molar-refractivity contribution is 7.11. The first-order chi connectivity index (χ1) is 10.2. The number of nitrogens with one attached hydrogen (secondary N) is 2. The Morgan fingerprint density at radius 2 is 2.00 bits per heavy atom. The third-order valence-electron chi connectivity index (χ3n) is 3.18. The van der Waals surface area contributed by atoms with Crippen LogP contribution in [0.25, 0.3) is 0 Å². The average Bonchev–Trinajstić information content (AvgIpc) is 3.10. The number of nitrogens with zero attached hydrogens (tertiary/aromatic N) is 1. The molecule has 1 aliphatic carbocycles. The maximum atomic E-state index is 11.9. The highest BCUT2D eigenvalue weighted by atomic mass is 32.1. The maximum absolute atomic E-state index is 11.9. The van der Waals surface area contributed by atoms with Crippen LogP contribution >= 0.6 is 11.3 Å². The van der Waals surface area contributed by atoms with Crippen LogP contribution in [0.3, 0.4) is 0 Å². The second-order valence-electron chi connectivity index (χ2n) is 5.04. The first-order valence-corrected chi connectivity index (χ1v) is 7.67. The molecule has 1 fully saturated rings. The predicted octanol–water partition coefficient (Wildman–Crippen LogP) is 2.22. The highest BCUT2D eigenvalue weighted by Gasteiger charge is 2.23. The Balaban J connectivity index is 1.56. The van der Waals surface area contributed by atoms with E-state index >= 15 is 0 Å². The standard InChI is InChI=1S/C15H15N3O2S/c19-14(17-11-5-6-11)7-10-1-3-12(4-2-10)18-15(20)13-8-16-9-21-13/h1-4,8-9,11H,5-7H2,(H,17,19)(H,18,20). The largest absolute Gasteiger partial charge is 0.353 e. The van der Waals surface area contributed by atoms with Gasteiger partial charge in [0.15, 0.2) is 0 Å². The van der Waals surface area contributed by atoms with Crippen molar-refractivity contribution in [1.29, 1.82) is 0 Å². The van der Waals surface area contributed by atoms with Crippen molar-refractivity contribution in [1.82, 2.24) is 10.3 Å². The number of anilines is 1. The van der Waals surface area contributed by atoms with Gasteiger partial charge in [0.25, 0.3) is 5.91 Å². The molecule has 1 aromatic heterocycles. The normalized spacial score (nSPS) is 13.7. The van der Waals surface area contributed by atoms with Gasteiger partial charge < -0.3 is 10.6 Å². The maximum Gasteiger partial charge on any atom is 0.267 e. The van der Waals surface area contributed by atoms with Crippen LogP contribution < -0.4 is 10.6 Å². The number of carbonyl (C=O) groups is 2. The minimum absolute atomic E-state index is 0.0546. The van der Waals surface area contributed by atoms with Gasteiger partial charge in [-0.1, -0.05) is 12.1 Å². The van der Waals surface area contributed by atoms with Gasteiger partial charge in [0, 0.05) is 11.7 Å². The third kappa shape index (κ3) is 3.88. The van der Waals surface area contributed by atoms with Crippen molar-refractivity contribution in [2.75, 3.05) is 5.32 Å². The minimum atomic E-state index is -0.170. The second-order valence-corrected chi connectivity index (χ2v) is 5.92. The molecule has 0 atom stereocenters. The monoisotopic (exact) mass is 301 g/mol. The summed E-state index contributed by atoms with van der Waals surface area (Å²) in [7, 11) is 0. The Bertz CT molecular complexity index is 633. The molecule has 2 aromatic rings. The van der Waals surface area contributed by atoms with Crippen LogP contribution in [-0.2, 0) is 11.2 Å². The lowest BCUT2D eigenvalue weighted by molar-refractivity contribution is -0.120. The van der Waals surface area contributed by atoms with Gasteiger partial charge in [0.2, 0.25) is 5.91 Å². The summed E-state index contributed by atoms with van der Waals surface area (Å²) in [5, 5.41) is 5.75. The van der Waals surface area contributed by atoms with Crippen LogP contribution in [0.4, 0.5) is 5.69 Å². The summed E-state index contributed by atoms with van der Waals surface area (Å²) < 4.78 is 0. The zero-order valence-electron chi connectivity index (χ0n) is 11.3. The van der Waals surface area contributed by atoms with Crippen molar-refractivity contribution in [2.24, 2.45) is 0 Å². The summed E-state index contributed by atoms with van der Waals surface area (Å²) in [6.45, 7) is 0. The van der Waals surface area contributed by atoms with Crippen LogP contribution in [0, 0.1) is 0 Å². The van der Waals surface area contributed by atoms with Crippen LogP contribution in [0.2, 0.25) is 0 Å². The molecule has 1 aromatic carbocycles. The van der Waals surface area contributed by atoms with Gasteiger partial charge in [-0.05, 0) is 30.5 Å². The molecule has 0 bridgehead atoms. The Morgan fingerprint density at radius 3 is 2.62 bits per heavy atom. The molecule has 3 rings (SSSR count). The quantitative estimate of drug-likeness (QED) is 0.889. The molecule has 1 heterocycles. The Kier molecular flexibility index (Phi) is 3.96. The van der Waals surface area contributed by atoms with Crippen molar-refractivity contribution in [3.63, 3.8) is 0 Å². The van der Waals surface area contributed by atoms with Crippen LogP contribution in [0.15, 0.2) is 36.0 Å². The van der Waals surface area contributed by atoms with Crippen molar-refractivity contribution in [3.05, 3.63) is 46.4 Å². The highest BCUT2D eigenvalue weighted by Crippen LogP contribution is 2.19. The van der Waals surface area contributed by atoms with Gasteiger partial charge in [-0.15, -0.1) is 11.3 Å². The van der Waals surface area contributed by atoms with Gasteiger partial charge in [-0.2, -0.15) is 0 Å². The summed E-state index contributed by atoms with van der Waals surface area (Å²) in [4.78, 5) is 28.0. The van der Waals surface area contributed by atoms with E-state index in [-0.39, 0.29) is 11.8 Å². The van der Waals surface area contributed by atoms with E-state index in [2.05, 4.69) is 15.6 Å². The smallest absolute Gasteiger partial charge is 0.267 e. The van der Waals surface area contributed by atoms with Crippen molar-refractivity contribution in [3.8, 4) is 0 Å². The van der Waals surface area contributed by atoms with E-state index < -0.39 is 0 Å². The number of hydrogen-bond acceptors (Lipinski definition) is 4. The van der Waals surface area contributed by atoms with E-state index in [9.17, 15) is 9.59 Å². The molecule has 0 spiro atoms. The van der Waals surface area contributed by atoms with Gasteiger partial charge in [0.05, 0.1) is 18.1 Å². The molecule has 6 heteroatoms. The Hall–Kier alpha value is -2.21. The van der Waals surface area contributed by atoms with Crippen LogP contribution in [0.1, 0.15) is 28.1 Å². The summed E-state index contributed by atoms with van der Waals surface area (Å²) in [5.74, 6) is -0.115. The van der Waals surface area contributed by atoms with Gasteiger partial charge in [-0.3, -0.25) is 14.6 Å². The predicted molar refractivity (Wildman–Crippen MR) is 81.4 cm³/mol. The van der Waals surface area contributed by atoms with Gasteiger partial charge in [0.1, 0.15) is 4.88 Å². The topological polar surface area (TPSA) is 71.1 Å². The molecule has 0 unspecified atom stereocenters. The number of thiazole rings is 1. The fourth-order valence-corrected chi connectivity index (χ4v) is 2.43. The van der Waals surface area contributed by atoms with E-state index in [1.54, 1.807) is 17.6 Å². The van der Waals surface area contributed by atoms with Crippen LogP contribution in [0.5, 0.6) is 0 Å². The second kappa shape index (κ2) is 6.05. The summed E-state index contributed by atoms with van der Waals surface area (Å²) in [6, 6.07) is 7.71.